The number of amides is 1. The van der Waals surface area contributed by atoms with Gasteiger partial charge in [-0.3, -0.25) is 4.90 Å². The monoisotopic (exact) mass is 299 g/mol. The number of fused-ring (bicyclic) bond motifs is 1. The summed E-state index contributed by atoms with van der Waals surface area (Å²) < 4.78 is 5.40. The number of nitrogens with two attached hydrogens (primary N) is 1. The van der Waals surface area contributed by atoms with Crippen molar-refractivity contribution in [2.75, 3.05) is 12.3 Å². The molecule has 2 heterocycles. The average Bonchev–Trinajstić information content (AvgIpc) is 2.71. The Bertz CT molecular complexity index is 465. The predicted octanol–water partition coefficient (Wildman–Crippen LogP) is 3.61. The fourth-order valence-corrected chi connectivity index (χ4v) is 2.93. The molecule has 1 amide bonds. The molecule has 0 saturated heterocycles. The van der Waals surface area contributed by atoms with Gasteiger partial charge < -0.3 is 10.5 Å². The summed E-state index contributed by atoms with van der Waals surface area (Å²) in [7, 11) is 0. The number of aromatic nitrogens is 1. The van der Waals surface area contributed by atoms with E-state index in [-0.39, 0.29) is 12.1 Å². The highest BCUT2D eigenvalue weighted by molar-refractivity contribution is 7.15. The number of hydrogen-bond donors (Lipinski definition) is 1. The number of hydrogen-bond acceptors (Lipinski definition) is 5. The van der Waals surface area contributed by atoms with Gasteiger partial charge in [0.25, 0.3) is 0 Å². The number of nitrogens with zero attached hydrogens (tertiary/aromatic N) is 2. The van der Waals surface area contributed by atoms with Crippen molar-refractivity contribution in [3.8, 4) is 0 Å². The first-order valence-electron chi connectivity index (χ1n) is 7.02. The fraction of sp³-hybridized carbons (Fsp3) is 0.714. The average molecular weight is 299 g/mol. The van der Waals surface area contributed by atoms with E-state index in [0.29, 0.717) is 11.7 Å². The van der Waals surface area contributed by atoms with E-state index in [0.717, 1.165) is 12.1 Å². The SMILES string of the molecule is CC.CC1c2nc(N)sc2CCN1C(=O)OC(C)(C)C. The van der Waals surface area contributed by atoms with Gasteiger partial charge in [0, 0.05) is 17.8 Å². The van der Waals surface area contributed by atoms with Crippen molar-refractivity contribution in [1.29, 1.82) is 0 Å². The van der Waals surface area contributed by atoms with E-state index in [2.05, 4.69) is 4.98 Å². The van der Waals surface area contributed by atoms with Gasteiger partial charge in [-0.25, -0.2) is 9.78 Å². The zero-order valence-electron chi connectivity index (χ0n) is 13.2. The molecule has 6 heteroatoms. The van der Waals surface area contributed by atoms with Gasteiger partial charge in [-0.1, -0.05) is 13.8 Å². The lowest BCUT2D eigenvalue weighted by molar-refractivity contribution is 0.0157. The van der Waals surface area contributed by atoms with Crippen molar-refractivity contribution in [2.24, 2.45) is 0 Å². The molecule has 1 aromatic rings. The Morgan fingerprint density at radius 3 is 2.60 bits per heavy atom. The van der Waals surface area contributed by atoms with Crippen LogP contribution in [-0.2, 0) is 11.2 Å². The smallest absolute Gasteiger partial charge is 0.410 e. The Labute approximate surface area is 125 Å². The first-order valence-corrected chi connectivity index (χ1v) is 7.84. The largest absolute Gasteiger partial charge is 0.444 e. The van der Waals surface area contributed by atoms with Gasteiger partial charge >= 0.3 is 6.09 Å². The van der Waals surface area contributed by atoms with Crippen molar-refractivity contribution < 1.29 is 9.53 Å². The van der Waals surface area contributed by atoms with Crippen LogP contribution < -0.4 is 5.73 Å². The molecule has 114 valence electrons. The molecular formula is C14H25N3O2S. The minimum Gasteiger partial charge on any atom is -0.444 e. The van der Waals surface area contributed by atoms with Gasteiger partial charge in [0.1, 0.15) is 5.60 Å². The van der Waals surface area contributed by atoms with E-state index in [9.17, 15) is 4.79 Å². The molecule has 0 aliphatic carbocycles. The first kappa shape index (κ1) is 16.8. The van der Waals surface area contributed by atoms with Crippen LogP contribution in [0.15, 0.2) is 0 Å². The van der Waals surface area contributed by atoms with Crippen LogP contribution in [0.2, 0.25) is 0 Å². The maximum absolute atomic E-state index is 12.1. The lowest BCUT2D eigenvalue weighted by Gasteiger charge is -2.34. The van der Waals surface area contributed by atoms with Gasteiger partial charge in [0.2, 0.25) is 0 Å². The lowest BCUT2D eigenvalue weighted by atomic mass is 10.1. The molecule has 0 radical (unpaired) electrons. The number of carbonyl (C=O) groups is 1. The predicted molar refractivity (Wildman–Crippen MR) is 82.9 cm³/mol. The second kappa shape index (κ2) is 6.43. The summed E-state index contributed by atoms with van der Waals surface area (Å²) in [6, 6.07) is -0.0721. The van der Waals surface area contributed by atoms with Gasteiger partial charge in [0.05, 0.1) is 11.7 Å². The Kier molecular flexibility index (Phi) is 5.39. The number of ether oxygens (including phenoxy) is 1. The van der Waals surface area contributed by atoms with Crippen molar-refractivity contribution in [2.45, 2.75) is 59.6 Å². The molecule has 1 aliphatic rings. The molecule has 2 rings (SSSR count). The molecular weight excluding hydrogens is 274 g/mol. The van der Waals surface area contributed by atoms with E-state index in [1.807, 2.05) is 41.5 Å². The van der Waals surface area contributed by atoms with E-state index < -0.39 is 5.60 Å². The van der Waals surface area contributed by atoms with Crippen LogP contribution in [0.5, 0.6) is 0 Å². The van der Waals surface area contributed by atoms with E-state index in [1.165, 1.54) is 16.2 Å². The molecule has 0 bridgehead atoms. The van der Waals surface area contributed by atoms with Crippen molar-refractivity contribution in [1.82, 2.24) is 9.88 Å². The Morgan fingerprint density at radius 1 is 1.45 bits per heavy atom. The fourth-order valence-electron chi connectivity index (χ4n) is 2.02. The summed E-state index contributed by atoms with van der Waals surface area (Å²) >= 11 is 1.51. The highest BCUT2D eigenvalue weighted by Crippen LogP contribution is 2.34. The van der Waals surface area contributed by atoms with Gasteiger partial charge in [-0.15, -0.1) is 11.3 Å². The first-order chi connectivity index (χ1) is 9.28. The molecule has 1 unspecified atom stereocenters. The summed E-state index contributed by atoms with van der Waals surface area (Å²) in [6.07, 6.45) is 0.514. The number of nitrogen functional groups attached to an aromatic ring is 1. The standard InChI is InChI=1S/C12H19N3O2S.C2H6/c1-7-9-8(18-10(13)14-9)5-6-15(7)11(16)17-12(2,3)4;1-2/h7H,5-6H2,1-4H3,(H2,13,14);1-2H3. The normalized spacial score (nSPS) is 17.9. The topological polar surface area (TPSA) is 68.5 Å². The summed E-state index contributed by atoms with van der Waals surface area (Å²) in [5, 5.41) is 0.567. The molecule has 0 saturated carbocycles. The summed E-state index contributed by atoms with van der Waals surface area (Å²) in [4.78, 5) is 19.3. The van der Waals surface area contributed by atoms with Crippen LogP contribution in [0, 0.1) is 0 Å². The molecule has 5 nitrogen and oxygen atoms in total. The lowest BCUT2D eigenvalue weighted by Crippen LogP contribution is -2.41. The van der Waals surface area contributed by atoms with E-state index in [4.69, 9.17) is 10.5 Å². The van der Waals surface area contributed by atoms with Crippen molar-refractivity contribution in [3.63, 3.8) is 0 Å². The number of thiazole rings is 1. The summed E-state index contributed by atoms with van der Waals surface area (Å²) in [6.45, 7) is 12.2. The van der Waals surface area contributed by atoms with Crippen LogP contribution in [0.1, 0.15) is 58.2 Å². The maximum Gasteiger partial charge on any atom is 0.410 e. The third-order valence-corrected chi connectivity index (χ3v) is 3.78. The van der Waals surface area contributed by atoms with Crippen LogP contribution >= 0.6 is 11.3 Å². The Morgan fingerprint density at radius 2 is 2.05 bits per heavy atom. The zero-order chi connectivity index (χ0) is 15.5. The number of rotatable bonds is 0. The molecule has 2 N–H and O–H groups in total. The Hall–Kier alpha value is -1.30. The summed E-state index contributed by atoms with van der Waals surface area (Å²) in [5.74, 6) is 0. The Balaban J connectivity index is 0.000000956. The number of anilines is 1. The number of carbonyl (C=O) groups excluding carboxylic acids is 1. The van der Waals surface area contributed by atoms with Gasteiger partial charge in [-0.2, -0.15) is 0 Å². The van der Waals surface area contributed by atoms with Crippen LogP contribution in [0.25, 0.3) is 0 Å². The molecule has 20 heavy (non-hydrogen) atoms. The van der Waals surface area contributed by atoms with Crippen molar-refractivity contribution in [3.05, 3.63) is 10.6 Å². The van der Waals surface area contributed by atoms with Gasteiger partial charge in [0.15, 0.2) is 5.13 Å². The highest BCUT2D eigenvalue weighted by atomic mass is 32.1. The minimum atomic E-state index is -0.474. The third-order valence-electron chi connectivity index (χ3n) is 2.82. The van der Waals surface area contributed by atoms with Crippen LogP contribution in [0.3, 0.4) is 0 Å². The summed E-state index contributed by atoms with van der Waals surface area (Å²) in [5.41, 5.74) is 6.15. The molecule has 1 aliphatic heterocycles. The van der Waals surface area contributed by atoms with E-state index >= 15 is 0 Å². The molecule has 0 fully saturated rings. The highest BCUT2D eigenvalue weighted by Gasteiger charge is 2.33. The van der Waals surface area contributed by atoms with Crippen LogP contribution in [-0.4, -0.2) is 28.1 Å². The molecule has 1 atom stereocenters. The van der Waals surface area contributed by atoms with Crippen LogP contribution in [0.4, 0.5) is 9.93 Å². The molecule has 0 aromatic carbocycles. The molecule has 0 spiro atoms. The van der Waals surface area contributed by atoms with Gasteiger partial charge in [-0.05, 0) is 27.7 Å². The second-order valence-electron chi connectivity index (χ2n) is 5.46. The third kappa shape index (κ3) is 3.85. The molecule has 1 aromatic heterocycles. The minimum absolute atomic E-state index is 0.0721. The quantitative estimate of drug-likeness (QED) is 0.794. The zero-order valence-corrected chi connectivity index (χ0v) is 14.0. The second-order valence-corrected chi connectivity index (χ2v) is 6.58. The maximum atomic E-state index is 12.1. The van der Waals surface area contributed by atoms with E-state index in [1.54, 1.807) is 4.90 Å². The van der Waals surface area contributed by atoms with Crippen molar-refractivity contribution >= 4 is 22.6 Å².